The Kier molecular flexibility index (Phi) is 3.38. The summed E-state index contributed by atoms with van der Waals surface area (Å²) >= 11 is 0. The summed E-state index contributed by atoms with van der Waals surface area (Å²) in [5.74, 6) is -2.03. The second-order valence-electron chi connectivity index (χ2n) is 1.41. The summed E-state index contributed by atoms with van der Waals surface area (Å²) in [5, 5.41) is 17.5. The number of carbonyl (C=O) groups is 2. The maximum atomic E-state index is 10.1. The van der Waals surface area contributed by atoms with Crippen molar-refractivity contribution in [2.75, 3.05) is 0 Å². The quantitative estimate of drug-likeness (QED) is 0.344. The Morgan fingerprint density at radius 2 is 2.00 bits per heavy atom. The van der Waals surface area contributed by atoms with Gasteiger partial charge in [-0.1, -0.05) is 0 Å². The summed E-state index contributed by atoms with van der Waals surface area (Å²) in [6.07, 6.45) is -0.620. The Labute approximate surface area is 51.2 Å². The molecule has 0 saturated carbocycles. The van der Waals surface area contributed by atoms with Crippen molar-refractivity contribution in [1.82, 2.24) is 5.48 Å². The molecule has 0 atom stereocenters. The van der Waals surface area contributed by atoms with Gasteiger partial charge in [-0.15, -0.1) is 0 Å². The van der Waals surface area contributed by atoms with E-state index in [-0.39, 0.29) is 12.8 Å². The number of carboxylic acid groups (broad SMARTS) is 1. The van der Waals surface area contributed by atoms with Crippen LogP contribution < -0.4 is 10.6 Å². The average molecular weight is 132 g/mol. The molecule has 0 aromatic heterocycles. The summed E-state index contributed by atoms with van der Waals surface area (Å²) in [6.45, 7) is 0. The van der Waals surface area contributed by atoms with Crippen molar-refractivity contribution in [3.8, 4) is 0 Å². The molecule has 5 heteroatoms. The Morgan fingerprint density at radius 3 is 2.33 bits per heavy atom. The molecule has 0 heterocycles. The molecular formula is C4H6NO4-. The van der Waals surface area contributed by atoms with Crippen LogP contribution in [0.15, 0.2) is 0 Å². The fraction of sp³-hybridized carbons (Fsp3) is 0.500. The molecule has 9 heavy (non-hydrogen) atoms. The first-order valence-corrected chi connectivity index (χ1v) is 2.29. The Morgan fingerprint density at radius 1 is 1.44 bits per heavy atom. The number of nitrogens with one attached hydrogen (secondary N) is 1. The standard InChI is InChI=1S/C4H7NO4/c6-3(5-9)1-2-4(7)8/h9H,1-2H2,(H,5,6)(H,7,8)/p-1. The molecule has 0 aromatic rings. The van der Waals surface area contributed by atoms with Gasteiger partial charge in [0.1, 0.15) is 0 Å². The largest absolute Gasteiger partial charge is 0.550 e. The molecular weight excluding hydrogens is 126 g/mol. The predicted octanol–water partition coefficient (Wildman–Crippen LogP) is -1.98. The predicted molar refractivity (Wildman–Crippen MR) is 24.2 cm³/mol. The maximum Gasteiger partial charge on any atom is 0.243 e. The van der Waals surface area contributed by atoms with Crippen molar-refractivity contribution < 1.29 is 19.9 Å². The minimum absolute atomic E-state index is 0.251. The van der Waals surface area contributed by atoms with E-state index < -0.39 is 11.9 Å². The van der Waals surface area contributed by atoms with Gasteiger partial charge in [0.15, 0.2) is 0 Å². The smallest absolute Gasteiger partial charge is 0.243 e. The molecule has 0 spiro atoms. The van der Waals surface area contributed by atoms with Crippen molar-refractivity contribution in [2.45, 2.75) is 12.8 Å². The number of hydrogen-bond donors (Lipinski definition) is 2. The fourth-order valence-corrected chi connectivity index (χ4v) is 0.271. The van der Waals surface area contributed by atoms with Crippen LogP contribution in [-0.4, -0.2) is 17.1 Å². The van der Waals surface area contributed by atoms with E-state index in [9.17, 15) is 14.7 Å². The number of carboxylic acids is 1. The molecule has 0 aliphatic heterocycles. The molecule has 1 amide bonds. The topological polar surface area (TPSA) is 89.5 Å². The van der Waals surface area contributed by atoms with Crippen LogP contribution in [0.5, 0.6) is 0 Å². The first-order valence-electron chi connectivity index (χ1n) is 2.29. The lowest BCUT2D eigenvalue weighted by Crippen LogP contribution is -2.26. The summed E-state index contributed by atoms with van der Waals surface area (Å²) in [4.78, 5) is 19.7. The summed E-state index contributed by atoms with van der Waals surface area (Å²) in [7, 11) is 0. The van der Waals surface area contributed by atoms with Gasteiger partial charge in [0.2, 0.25) is 5.91 Å². The molecule has 0 fully saturated rings. The van der Waals surface area contributed by atoms with Crippen LogP contribution in [0, 0.1) is 0 Å². The average Bonchev–Trinajstić information content (AvgIpc) is 1.83. The Hall–Kier alpha value is -1.10. The SMILES string of the molecule is O=C([O-])CCC(=O)NO. The monoisotopic (exact) mass is 132 g/mol. The minimum Gasteiger partial charge on any atom is -0.550 e. The minimum atomic E-state index is -1.31. The fourth-order valence-electron chi connectivity index (χ4n) is 0.271. The first-order chi connectivity index (χ1) is 4.16. The Bertz CT molecular complexity index is 122. The molecule has 0 radical (unpaired) electrons. The van der Waals surface area contributed by atoms with Gasteiger partial charge in [0.25, 0.3) is 0 Å². The summed E-state index contributed by atoms with van der Waals surface area (Å²) < 4.78 is 0. The lowest BCUT2D eigenvalue weighted by Gasteiger charge is -1.98. The van der Waals surface area contributed by atoms with Crippen LogP contribution in [0.2, 0.25) is 0 Å². The third-order valence-electron chi connectivity index (χ3n) is 0.681. The Balaban J connectivity index is 3.28. The number of amides is 1. The normalized spacial score (nSPS) is 8.56. The zero-order valence-electron chi connectivity index (χ0n) is 4.59. The van der Waals surface area contributed by atoms with E-state index in [0.29, 0.717) is 0 Å². The van der Waals surface area contributed by atoms with E-state index in [4.69, 9.17) is 5.21 Å². The maximum absolute atomic E-state index is 10.1. The molecule has 52 valence electrons. The number of rotatable bonds is 3. The lowest BCUT2D eigenvalue weighted by molar-refractivity contribution is -0.305. The van der Waals surface area contributed by atoms with Crippen molar-refractivity contribution >= 4 is 11.9 Å². The third kappa shape index (κ3) is 4.76. The highest BCUT2D eigenvalue weighted by atomic mass is 16.5. The van der Waals surface area contributed by atoms with Crippen LogP contribution in [0.1, 0.15) is 12.8 Å². The van der Waals surface area contributed by atoms with Crippen LogP contribution in [0.3, 0.4) is 0 Å². The van der Waals surface area contributed by atoms with Crippen LogP contribution >= 0.6 is 0 Å². The number of hydrogen-bond acceptors (Lipinski definition) is 4. The highest BCUT2D eigenvalue weighted by Crippen LogP contribution is 1.84. The molecule has 0 saturated heterocycles. The van der Waals surface area contributed by atoms with Gasteiger partial charge in [-0.3, -0.25) is 10.0 Å². The highest BCUT2D eigenvalue weighted by Gasteiger charge is 1.96. The number of hydroxylamine groups is 1. The zero-order chi connectivity index (χ0) is 7.28. The first kappa shape index (κ1) is 7.90. The van der Waals surface area contributed by atoms with E-state index in [1.807, 2.05) is 0 Å². The van der Waals surface area contributed by atoms with Gasteiger partial charge in [-0.05, 0) is 6.42 Å². The molecule has 0 rings (SSSR count). The highest BCUT2D eigenvalue weighted by molar-refractivity contribution is 5.78. The second-order valence-corrected chi connectivity index (χ2v) is 1.41. The van der Waals surface area contributed by atoms with Gasteiger partial charge < -0.3 is 9.90 Å². The molecule has 0 unspecified atom stereocenters. The van der Waals surface area contributed by atoms with Gasteiger partial charge in [0.05, 0.1) is 0 Å². The van der Waals surface area contributed by atoms with Crippen molar-refractivity contribution in [3.05, 3.63) is 0 Å². The van der Waals surface area contributed by atoms with Crippen LogP contribution in [-0.2, 0) is 9.59 Å². The van der Waals surface area contributed by atoms with E-state index in [0.717, 1.165) is 0 Å². The summed E-state index contributed by atoms with van der Waals surface area (Å²) in [6, 6.07) is 0. The summed E-state index contributed by atoms with van der Waals surface area (Å²) in [5.41, 5.74) is 1.29. The zero-order valence-corrected chi connectivity index (χ0v) is 4.59. The van der Waals surface area contributed by atoms with Crippen molar-refractivity contribution in [1.29, 1.82) is 0 Å². The molecule has 0 aromatic carbocycles. The number of carbonyl (C=O) groups excluding carboxylic acids is 2. The van der Waals surface area contributed by atoms with E-state index in [1.165, 1.54) is 5.48 Å². The molecule has 2 N–H and O–H groups in total. The van der Waals surface area contributed by atoms with E-state index in [2.05, 4.69) is 0 Å². The van der Waals surface area contributed by atoms with Crippen LogP contribution in [0.4, 0.5) is 0 Å². The van der Waals surface area contributed by atoms with Gasteiger partial charge in [-0.25, -0.2) is 5.48 Å². The van der Waals surface area contributed by atoms with E-state index >= 15 is 0 Å². The molecule has 0 bridgehead atoms. The van der Waals surface area contributed by atoms with Gasteiger partial charge in [-0.2, -0.15) is 0 Å². The molecule has 0 aliphatic rings. The van der Waals surface area contributed by atoms with E-state index in [1.54, 1.807) is 0 Å². The molecule has 5 nitrogen and oxygen atoms in total. The van der Waals surface area contributed by atoms with Crippen LogP contribution in [0.25, 0.3) is 0 Å². The third-order valence-corrected chi connectivity index (χ3v) is 0.681. The van der Waals surface area contributed by atoms with Crippen molar-refractivity contribution in [3.63, 3.8) is 0 Å². The molecule has 0 aliphatic carbocycles. The second kappa shape index (κ2) is 3.85. The lowest BCUT2D eigenvalue weighted by atomic mass is 10.3. The van der Waals surface area contributed by atoms with Crippen molar-refractivity contribution in [2.24, 2.45) is 0 Å². The van der Waals surface area contributed by atoms with Gasteiger partial charge in [0, 0.05) is 12.4 Å². The van der Waals surface area contributed by atoms with Gasteiger partial charge >= 0.3 is 0 Å². The number of aliphatic carboxylic acids is 1.